The van der Waals surface area contributed by atoms with Crippen molar-refractivity contribution in [1.29, 1.82) is 0 Å². The number of nitrogens with zero attached hydrogens (tertiary/aromatic N) is 1. The van der Waals surface area contributed by atoms with Crippen molar-refractivity contribution < 1.29 is 9.21 Å². The molecule has 94 valence electrons. The van der Waals surface area contributed by atoms with Gasteiger partial charge >= 0.3 is 0 Å². The van der Waals surface area contributed by atoms with Gasteiger partial charge in [0.2, 0.25) is 5.91 Å². The van der Waals surface area contributed by atoms with E-state index in [9.17, 15) is 4.79 Å². The zero-order valence-corrected chi connectivity index (χ0v) is 10.5. The molecule has 4 nitrogen and oxygen atoms in total. The molecule has 1 aliphatic rings. The zero-order chi connectivity index (χ0) is 12.5. The molecule has 2 heterocycles. The van der Waals surface area contributed by atoms with Gasteiger partial charge in [-0.25, -0.2) is 0 Å². The number of amides is 1. The second-order valence-corrected chi connectivity index (χ2v) is 5.03. The van der Waals surface area contributed by atoms with Crippen LogP contribution < -0.4 is 5.73 Å². The van der Waals surface area contributed by atoms with Crippen LogP contribution in [0, 0.1) is 6.92 Å². The average Bonchev–Trinajstić information content (AvgIpc) is 2.67. The van der Waals surface area contributed by atoms with E-state index < -0.39 is 5.54 Å². The number of furan rings is 1. The maximum atomic E-state index is 11.6. The highest BCUT2D eigenvalue weighted by Gasteiger charge is 2.39. The summed E-state index contributed by atoms with van der Waals surface area (Å²) in [5.41, 5.74) is 5.01. The van der Waals surface area contributed by atoms with E-state index in [1.54, 1.807) is 0 Å². The zero-order valence-electron chi connectivity index (χ0n) is 10.5. The van der Waals surface area contributed by atoms with Crippen LogP contribution in [0.25, 0.3) is 0 Å². The number of carbonyl (C=O) groups excluding carboxylic acids is 1. The number of carbonyl (C=O) groups is 1. The highest BCUT2D eigenvalue weighted by Crippen LogP contribution is 2.29. The molecule has 17 heavy (non-hydrogen) atoms. The van der Waals surface area contributed by atoms with Crippen molar-refractivity contribution in [2.45, 2.75) is 45.2 Å². The van der Waals surface area contributed by atoms with Crippen molar-refractivity contribution in [2.75, 3.05) is 6.54 Å². The van der Waals surface area contributed by atoms with Crippen molar-refractivity contribution in [3.05, 3.63) is 23.7 Å². The molecule has 0 aromatic carbocycles. The van der Waals surface area contributed by atoms with Gasteiger partial charge < -0.3 is 10.2 Å². The lowest BCUT2D eigenvalue weighted by Gasteiger charge is -2.42. The maximum absolute atomic E-state index is 11.6. The van der Waals surface area contributed by atoms with E-state index in [4.69, 9.17) is 10.2 Å². The fourth-order valence-corrected chi connectivity index (χ4v) is 2.47. The van der Waals surface area contributed by atoms with Crippen molar-refractivity contribution in [1.82, 2.24) is 4.90 Å². The number of hydrogen-bond acceptors (Lipinski definition) is 3. The summed E-state index contributed by atoms with van der Waals surface area (Å²) >= 11 is 0. The smallest absolute Gasteiger partial charge is 0.237 e. The Hall–Kier alpha value is -1.29. The molecule has 1 amide bonds. The molecule has 1 aliphatic heterocycles. The number of piperidine rings is 1. The number of primary amides is 1. The van der Waals surface area contributed by atoms with Crippen molar-refractivity contribution in [3.8, 4) is 0 Å². The standard InChI is InChI=1S/C13H20N2O2/c1-10-5-6-11(17-10)9-15-8-4-3-7-13(15,2)12(14)16/h5-6H,3-4,7-9H2,1-2H3,(H2,14,16)/t13-/m1/s1. The lowest BCUT2D eigenvalue weighted by molar-refractivity contribution is -0.132. The lowest BCUT2D eigenvalue weighted by Crippen LogP contribution is -2.57. The highest BCUT2D eigenvalue weighted by molar-refractivity contribution is 5.84. The van der Waals surface area contributed by atoms with Gasteiger partial charge in [0, 0.05) is 0 Å². The summed E-state index contributed by atoms with van der Waals surface area (Å²) in [7, 11) is 0. The first kappa shape index (κ1) is 12.2. The summed E-state index contributed by atoms with van der Waals surface area (Å²) in [5.74, 6) is 1.56. The first-order valence-corrected chi connectivity index (χ1v) is 6.12. The minimum absolute atomic E-state index is 0.236. The molecule has 0 radical (unpaired) electrons. The minimum Gasteiger partial charge on any atom is -0.465 e. The quantitative estimate of drug-likeness (QED) is 0.870. The van der Waals surface area contributed by atoms with Gasteiger partial charge in [0.05, 0.1) is 12.1 Å². The number of aryl methyl sites for hydroxylation is 1. The summed E-state index contributed by atoms with van der Waals surface area (Å²) in [5, 5.41) is 0. The van der Waals surface area contributed by atoms with Gasteiger partial charge in [0.1, 0.15) is 11.5 Å². The maximum Gasteiger partial charge on any atom is 0.237 e. The van der Waals surface area contributed by atoms with Crippen LogP contribution in [0.4, 0.5) is 0 Å². The van der Waals surface area contributed by atoms with Crippen LogP contribution in [0.5, 0.6) is 0 Å². The second kappa shape index (κ2) is 4.53. The Morgan fingerprint density at radius 3 is 2.88 bits per heavy atom. The van der Waals surface area contributed by atoms with Crippen molar-refractivity contribution in [2.24, 2.45) is 5.73 Å². The van der Waals surface area contributed by atoms with Crippen molar-refractivity contribution in [3.63, 3.8) is 0 Å². The van der Waals surface area contributed by atoms with E-state index in [1.165, 1.54) is 0 Å². The second-order valence-electron chi connectivity index (χ2n) is 5.03. The van der Waals surface area contributed by atoms with Gasteiger partial charge in [-0.3, -0.25) is 9.69 Å². The fourth-order valence-electron chi connectivity index (χ4n) is 2.47. The molecule has 1 fully saturated rings. The van der Waals surface area contributed by atoms with Crippen LogP contribution >= 0.6 is 0 Å². The third-order valence-corrected chi connectivity index (χ3v) is 3.71. The van der Waals surface area contributed by atoms with Gasteiger partial charge in [0.25, 0.3) is 0 Å². The van der Waals surface area contributed by atoms with Gasteiger partial charge in [-0.2, -0.15) is 0 Å². The Kier molecular flexibility index (Phi) is 3.24. The van der Waals surface area contributed by atoms with Gasteiger partial charge in [-0.1, -0.05) is 0 Å². The van der Waals surface area contributed by atoms with E-state index in [2.05, 4.69) is 4.90 Å². The Labute approximate surface area is 102 Å². The highest BCUT2D eigenvalue weighted by atomic mass is 16.3. The van der Waals surface area contributed by atoms with E-state index >= 15 is 0 Å². The molecule has 2 N–H and O–H groups in total. The number of nitrogens with two attached hydrogens (primary N) is 1. The van der Waals surface area contributed by atoms with Crippen LogP contribution in [-0.4, -0.2) is 22.9 Å². The van der Waals surface area contributed by atoms with E-state index in [0.29, 0.717) is 6.54 Å². The molecule has 0 unspecified atom stereocenters. The van der Waals surface area contributed by atoms with Crippen molar-refractivity contribution >= 4 is 5.91 Å². The first-order valence-electron chi connectivity index (χ1n) is 6.12. The number of likely N-dealkylation sites (tertiary alicyclic amines) is 1. The average molecular weight is 236 g/mol. The lowest BCUT2D eigenvalue weighted by atomic mass is 9.87. The number of hydrogen-bond donors (Lipinski definition) is 1. The summed E-state index contributed by atoms with van der Waals surface area (Å²) in [6, 6.07) is 3.91. The van der Waals surface area contributed by atoms with Crippen LogP contribution in [0.3, 0.4) is 0 Å². The molecular weight excluding hydrogens is 216 g/mol. The molecule has 1 aromatic heterocycles. The molecule has 1 aromatic rings. The SMILES string of the molecule is Cc1ccc(CN2CCCC[C@]2(C)C(N)=O)o1. The molecular formula is C13H20N2O2. The normalized spacial score (nSPS) is 26.0. The Morgan fingerprint density at radius 1 is 1.53 bits per heavy atom. The fraction of sp³-hybridized carbons (Fsp3) is 0.615. The van der Waals surface area contributed by atoms with Gasteiger partial charge in [-0.05, 0) is 51.8 Å². The monoisotopic (exact) mass is 236 g/mol. The van der Waals surface area contributed by atoms with E-state index in [0.717, 1.165) is 37.3 Å². The molecule has 0 bridgehead atoms. The molecule has 0 spiro atoms. The van der Waals surface area contributed by atoms with Crippen LogP contribution in [-0.2, 0) is 11.3 Å². The topological polar surface area (TPSA) is 59.5 Å². The summed E-state index contributed by atoms with van der Waals surface area (Å²) in [4.78, 5) is 13.8. The summed E-state index contributed by atoms with van der Waals surface area (Å²) in [6.45, 7) is 5.42. The molecule has 2 rings (SSSR count). The first-order chi connectivity index (χ1) is 8.02. The van der Waals surface area contributed by atoms with Crippen LogP contribution in [0.1, 0.15) is 37.7 Å². The van der Waals surface area contributed by atoms with Crippen LogP contribution in [0.2, 0.25) is 0 Å². The van der Waals surface area contributed by atoms with Crippen LogP contribution in [0.15, 0.2) is 16.5 Å². The largest absolute Gasteiger partial charge is 0.465 e. The van der Waals surface area contributed by atoms with Gasteiger partial charge in [-0.15, -0.1) is 0 Å². The Morgan fingerprint density at radius 2 is 2.29 bits per heavy atom. The number of rotatable bonds is 3. The Bertz CT molecular complexity index is 413. The third-order valence-electron chi connectivity index (χ3n) is 3.71. The Balaban J connectivity index is 2.14. The molecule has 0 aliphatic carbocycles. The molecule has 1 atom stereocenters. The van der Waals surface area contributed by atoms with E-state index in [-0.39, 0.29) is 5.91 Å². The molecule has 1 saturated heterocycles. The third kappa shape index (κ3) is 2.36. The minimum atomic E-state index is -0.529. The predicted molar refractivity (Wildman–Crippen MR) is 65.3 cm³/mol. The molecule has 0 saturated carbocycles. The summed E-state index contributed by atoms with van der Waals surface area (Å²) in [6.07, 6.45) is 3.01. The molecule has 4 heteroatoms. The predicted octanol–water partition coefficient (Wildman–Crippen LogP) is 1.82. The van der Waals surface area contributed by atoms with Gasteiger partial charge in [0.15, 0.2) is 0 Å². The van der Waals surface area contributed by atoms with E-state index in [1.807, 2.05) is 26.0 Å². The summed E-state index contributed by atoms with van der Waals surface area (Å²) < 4.78 is 5.57.